The Labute approximate surface area is 119 Å². The standard InChI is InChI=1S/C14H12O5S/c1-7-2-3-12-8(4-7)13(17)9(6-20-12)10(15)5-11(16)14(18)19/h2-4,9H,5-6H2,1H3,(H,18,19)/t9-/m0/s1. The third-order valence-electron chi connectivity index (χ3n) is 3.08. The summed E-state index contributed by atoms with van der Waals surface area (Å²) >= 11 is 1.37. The second kappa shape index (κ2) is 5.58. The summed E-state index contributed by atoms with van der Waals surface area (Å²) in [5.41, 5.74) is 1.38. The third-order valence-corrected chi connectivity index (χ3v) is 4.25. The van der Waals surface area contributed by atoms with Crippen molar-refractivity contribution in [2.45, 2.75) is 18.2 Å². The quantitative estimate of drug-likeness (QED) is 0.668. The maximum atomic E-state index is 12.3. The van der Waals surface area contributed by atoms with Gasteiger partial charge in [-0.3, -0.25) is 14.4 Å². The molecule has 0 spiro atoms. The molecule has 1 aliphatic rings. The summed E-state index contributed by atoms with van der Waals surface area (Å²) < 4.78 is 0. The number of ketones is 3. The first-order valence-electron chi connectivity index (χ1n) is 5.96. The average Bonchev–Trinajstić information content (AvgIpc) is 2.39. The lowest BCUT2D eigenvalue weighted by Gasteiger charge is -2.21. The lowest BCUT2D eigenvalue weighted by atomic mass is 9.91. The van der Waals surface area contributed by atoms with Gasteiger partial charge in [-0.25, -0.2) is 4.79 Å². The molecule has 20 heavy (non-hydrogen) atoms. The fourth-order valence-corrected chi connectivity index (χ4v) is 3.16. The Hall–Kier alpha value is -1.95. The lowest BCUT2D eigenvalue weighted by molar-refractivity contribution is -0.150. The van der Waals surface area contributed by atoms with Crippen molar-refractivity contribution < 1.29 is 24.3 Å². The third kappa shape index (κ3) is 2.80. The summed E-state index contributed by atoms with van der Waals surface area (Å²) in [6, 6.07) is 5.43. The van der Waals surface area contributed by atoms with Gasteiger partial charge in [-0.05, 0) is 19.1 Å². The van der Waals surface area contributed by atoms with Crippen LogP contribution in [-0.4, -0.2) is 34.2 Å². The Morgan fingerprint density at radius 3 is 2.70 bits per heavy atom. The Morgan fingerprint density at radius 2 is 2.05 bits per heavy atom. The molecular formula is C14H12O5S. The first-order valence-corrected chi connectivity index (χ1v) is 6.95. The van der Waals surface area contributed by atoms with E-state index in [-0.39, 0.29) is 11.5 Å². The van der Waals surface area contributed by atoms with Crippen LogP contribution in [0.2, 0.25) is 0 Å². The molecule has 5 nitrogen and oxygen atoms in total. The molecule has 6 heteroatoms. The van der Waals surface area contributed by atoms with E-state index in [4.69, 9.17) is 5.11 Å². The molecule has 0 aromatic heterocycles. The van der Waals surface area contributed by atoms with E-state index in [1.54, 1.807) is 6.07 Å². The van der Waals surface area contributed by atoms with Crippen LogP contribution >= 0.6 is 11.8 Å². The molecule has 104 valence electrons. The van der Waals surface area contributed by atoms with Gasteiger partial charge in [0.1, 0.15) is 0 Å². The number of thioether (sulfide) groups is 1. The van der Waals surface area contributed by atoms with Crippen LogP contribution in [0.3, 0.4) is 0 Å². The number of hydrogen-bond acceptors (Lipinski definition) is 5. The molecular weight excluding hydrogens is 280 g/mol. The number of carboxylic acids is 1. The summed E-state index contributed by atoms with van der Waals surface area (Å²) in [5.74, 6) is -4.46. The number of Topliss-reactive ketones (excluding diaryl/α,β-unsaturated/α-hetero) is 3. The number of carbonyl (C=O) groups excluding carboxylic acids is 3. The van der Waals surface area contributed by atoms with Gasteiger partial charge in [0.2, 0.25) is 5.78 Å². The van der Waals surface area contributed by atoms with Crippen molar-refractivity contribution in [1.82, 2.24) is 0 Å². The topological polar surface area (TPSA) is 88.5 Å². The zero-order valence-corrected chi connectivity index (χ0v) is 11.5. The summed E-state index contributed by atoms with van der Waals surface area (Å²) in [6.07, 6.45) is -0.729. The maximum absolute atomic E-state index is 12.3. The van der Waals surface area contributed by atoms with Crippen LogP contribution in [0, 0.1) is 12.8 Å². The minimum absolute atomic E-state index is 0.251. The zero-order valence-electron chi connectivity index (χ0n) is 10.7. The number of carboxylic acid groups (broad SMARTS) is 1. The molecule has 1 N–H and O–H groups in total. The van der Waals surface area contributed by atoms with Crippen molar-refractivity contribution in [2.24, 2.45) is 5.92 Å². The number of aliphatic carboxylic acids is 1. The molecule has 0 unspecified atom stereocenters. The molecule has 0 fully saturated rings. The van der Waals surface area contributed by atoms with Crippen LogP contribution in [0.4, 0.5) is 0 Å². The largest absolute Gasteiger partial charge is 0.475 e. The van der Waals surface area contributed by atoms with E-state index in [9.17, 15) is 19.2 Å². The Kier molecular flexibility index (Phi) is 4.04. The van der Waals surface area contributed by atoms with Gasteiger partial charge in [-0.15, -0.1) is 11.8 Å². The van der Waals surface area contributed by atoms with Gasteiger partial charge in [-0.1, -0.05) is 11.6 Å². The van der Waals surface area contributed by atoms with Crippen LogP contribution in [0.15, 0.2) is 23.1 Å². The van der Waals surface area contributed by atoms with E-state index in [0.29, 0.717) is 5.56 Å². The monoisotopic (exact) mass is 292 g/mol. The minimum Gasteiger partial charge on any atom is -0.475 e. The number of carbonyl (C=O) groups is 4. The highest BCUT2D eigenvalue weighted by atomic mass is 32.2. The Balaban J connectivity index is 2.20. The molecule has 0 amide bonds. The molecule has 0 saturated heterocycles. The summed E-state index contributed by atoms with van der Waals surface area (Å²) in [7, 11) is 0. The number of benzene rings is 1. The predicted molar refractivity (Wildman–Crippen MR) is 72.0 cm³/mol. The maximum Gasteiger partial charge on any atom is 0.372 e. The van der Waals surface area contributed by atoms with E-state index in [1.165, 1.54) is 11.8 Å². The first-order chi connectivity index (χ1) is 9.40. The van der Waals surface area contributed by atoms with Gasteiger partial charge in [0.25, 0.3) is 0 Å². The zero-order chi connectivity index (χ0) is 14.9. The fraction of sp³-hybridized carbons (Fsp3) is 0.286. The van der Waals surface area contributed by atoms with E-state index >= 15 is 0 Å². The SMILES string of the molecule is Cc1ccc2c(c1)C(=O)[C@H](C(=O)CC(=O)C(=O)O)CS2. The Morgan fingerprint density at radius 1 is 1.35 bits per heavy atom. The van der Waals surface area contributed by atoms with Crippen molar-refractivity contribution in [3.8, 4) is 0 Å². The average molecular weight is 292 g/mol. The summed E-state index contributed by atoms with van der Waals surface area (Å²) in [6.45, 7) is 1.84. The minimum atomic E-state index is -1.65. The van der Waals surface area contributed by atoms with Crippen LogP contribution in [0.5, 0.6) is 0 Å². The number of hydrogen-bond donors (Lipinski definition) is 1. The molecule has 1 aromatic rings. The normalized spacial score (nSPS) is 17.4. The molecule has 1 aromatic carbocycles. The molecule has 1 aliphatic heterocycles. The van der Waals surface area contributed by atoms with Crippen LogP contribution in [0.25, 0.3) is 0 Å². The highest BCUT2D eigenvalue weighted by Gasteiger charge is 2.34. The van der Waals surface area contributed by atoms with E-state index in [2.05, 4.69) is 0 Å². The van der Waals surface area contributed by atoms with Gasteiger partial charge in [0.15, 0.2) is 11.6 Å². The van der Waals surface area contributed by atoms with Crippen molar-refractivity contribution in [3.05, 3.63) is 29.3 Å². The van der Waals surface area contributed by atoms with Gasteiger partial charge in [0.05, 0.1) is 12.3 Å². The van der Waals surface area contributed by atoms with Gasteiger partial charge < -0.3 is 5.11 Å². The van der Waals surface area contributed by atoms with Gasteiger partial charge >= 0.3 is 5.97 Å². The molecule has 1 heterocycles. The number of aryl methyl sites for hydroxylation is 1. The molecule has 0 saturated carbocycles. The van der Waals surface area contributed by atoms with E-state index in [0.717, 1.165) is 10.5 Å². The first kappa shape index (κ1) is 14.5. The van der Waals surface area contributed by atoms with Crippen molar-refractivity contribution >= 4 is 35.1 Å². The molecule has 0 radical (unpaired) electrons. The Bertz CT molecular complexity index is 620. The summed E-state index contributed by atoms with van der Waals surface area (Å²) in [4.78, 5) is 46.5. The fourth-order valence-electron chi connectivity index (χ4n) is 1.99. The highest BCUT2D eigenvalue weighted by Crippen LogP contribution is 2.34. The van der Waals surface area contributed by atoms with E-state index < -0.39 is 29.9 Å². The molecule has 2 rings (SSSR count). The number of rotatable bonds is 4. The van der Waals surface area contributed by atoms with Crippen molar-refractivity contribution in [2.75, 3.05) is 5.75 Å². The smallest absolute Gasteiger partial charge is 0.372 e. The van der Waals surface area contributed by atoms with E-state index in [1.807, 2.05) is 19.1 Å². The molecule has 1 atom stereocenters. The predicted octanol–water partition coefficient (Wildman–Crippen LogP) is 1.51. The number of fused-ring (bicyclic) bond motifs is 1. The highest BCUT2D eigenvalue weighted by molar-refractivity contribution is 7.99. The van der Waals surface area contributed by atoms with Crippen LogP contribution in [0.1, 0.15) is 22.3 Å². The second-order valence-corrected chi connectivity index (χ2v) is 5.66. The molecule has 0 bridgehead atoms. The van der Waals surface area contributed by atoms with Gasteiger partial charge in [0, 0.05) is 16.2 Å². The lowest BCUT2D eigenvalue weighted by Crippen LogP contribution is -2.32. The summed E-state index contributed by atoms with van der Waals surface area (Å²) in [5, 5.41) is 8.50. The van der Waals surface area contributed by atoms with Crippen LogP contribution in [-0.2, 0) is 14.4 Å². The molecule has 0 aliphatic carbocycles. The van der Waals surface area contributed by atoms with Gasteiger partial charge in [-0.2, -0.15) is 0 Å². The van der Waals surface area contributed by atoms with Crippen molar-refractivity contribution in [1.29, 1.82) is 0 Å². The second-order valence-electron chi connectivity index (χ2n) is 4.60. The van der Waals surface area contributed by atoms with Crippen molar-refractivity contribution in [3.63, 3.8) is 0 Å². The van der Waals surface area contributed by atoms with Crippen LogP contribution < -0.4 is 0 Å².